The molecule has 0 spiro atoms. The molecule has 0 bridgehead atoms. The molecule has 1 fully saturated rings. The highest BCUT2D eigenvalue weighted by molar-refractivity contribution is 5.75. The summed E-state index contributed by atoms with van der Waals surface area (Å²) in [6.45, 7) is 7.60. The van der Waals surface area contributed by atoms with E-state index in [0.29, 0.717) is 6.42 Å². The van der Waals surface area contributed by atoms with Crippen molar-refractivity contribution in [2.24, 2.45) is 17.7 Å². The van der Waals surface area contributed by atoms with Gasteiger partial charge in [0.1, 0.15) is 0 Å². The molecule has 0 aromatic heterocycles. The lowest BCUT2D eigenvalue weighted by atomic mass is 9.92. The van der Waals surface area contributed by atoms with E-state index in [-0.39, 0.29) is 5.91 Å². The van der Waals surface area contributed by atoms with Crippen LogP contribution in [-0.4, -0.2) is 30.4 Å². The van der Waals surface area contributed by atoms with Crippen LogP contribution >= 0.6 is 0 Å². The maximum Gasteiger partial charge on any atom is 0.235 e. The molecule has 1 aliphatic heterocycles. The highest BCUT2D eigenvalue weighted by atomic mass is 16.2. The number of hydrogen-bond acceptors (Lipinski definition) is 3. The van der Waals surface area contributed by atoms with E-state index in [1.807, 2.05) is 0 Å². The topological polar surface area (TPSA) is 58.4 Å². The van der Waals surface area contributed by atoms with E-state index >= 15 is 0 Å². The first-order valence-electron chi connectivity index (χ1n) is 5.33. The first-order valence-corrected chi connectivity index (χ1v) is 5.33. The minimum atomic E-state index is -0.0733. The van der Waals surface area contributed by atoms with E-state index < -0.39 is 0 Å². The Morgan fingerprint density at radius 2 is 2.00 bits per heavy atom. The van der Waals surface area contributed by atoms with Crippen molar-refractivity contribution in [2.45, 2.75) is 26.7 Å². The molecule has 14 heavy (non-hydrogen) atoms. The van der Waals surface area contributed by atoms with Gasteiger partial charge in [-0.2, -0.15) is 0 Å². The van der Waals surface area contributed by atoms with Gasteiger partial charge in [0.25, 0.3) is 0 Å². The number of hydrazine groups is 1. The highest BCUT2D eigenvalue weighted by Gasteiger charge is 2.21. The van der Waals surface area contributed by atoms with E-state index in [9.17, 15) is 4.79 Å². The SMILES string of the molecule is CC1CC(C)CN(CCC(=O)NN)C1. The third-order valence-electron chi connectivity index (χ3n) is 2.76. The molecule has 1 heterocycles. The van der Waals surface area contributed by atoms with Gasteiger partial charge in [-0.1, -0.05) is 13.8 Å². The Kier molecular flexibility index (Phi) is 4.35. The molecule has 1 rings (SSSR count). The third-order valence-corrected chi connectivity index (χ3v) is 2.76. The first kappa shape index (κ1) is 11.5. The van der Waals surface area contributed by atoms with Crippen LogP contribution < -0.4 is 11.3 Å². The maximum absolute atomic E-state index is 11.0. The zero-order valence-electron chi connectivity index (χ0n) is 9.12. The van der Waals surface area contributed by atoms with E-state index in [1.165, 1.54) is 6.42 Å². The predicted octanol–water partition coefficient (Wildman–Crippen LogP) is 0.344. The minimum Gasteiger partial charge on any atom is -0.302 e. The second kappa shape index (κ2) is 5.32. The van der Waals surface area contributed by atoms with Gasteiger partial charge in [0.2, 0.25) is 5.91 Å². The fraction of sp³-hybridized carbons (Fsp3) is 0.900. The fourth-order valence-electron chi connectivity index (χ4n) is 2.31. The summed E-state index contributed by atoms with van der Waals surface area (Å²) in [5.74, 6) is 6.45. The maximum atomic E-state index is 11.0. The third kappa shape index (κ3) is 3.64. The summed E-state index contributed by atoms with van der Waals surface area (Å²) in [4.78, 5) is 13.3. The lowest BCUT2D eigenvalue weighted by molar-refractivity contribution is -0.121. The number of nitrogens with one attached hydrogen (secondary N) is 1. The molecule has 1 amide bonds. The van der Waals surface area contributed by atoms with Crippen molar-refractivity contribution in [3.63, 3.8) is 0 Å². The molecular formula is C10H21N3O. The van der Waals surface area contributed by atoms with Gasteiger partial charge in [0, 0.05) is 26.1 Å². The van der Waals surface area contributed by atoms with Crippen LogP contribution in [0.15, 0.2) is 0 Å². The normalized spacial score (nSPS) is 28.8. The molecular weight excluding hydrogens is 178 g/mol. The summed E-state index contributed by atoms with van der Waals surface area (Å²) in [6, 6.07) is 0. The van der Waals surface area contributed by atoms with Gasteiger partial charge in [0.05, 0.1) is 0 Å². The predicted molar refractivity (Wildman–Crippen MR) is 56.3 cm³/mol. The molecule has 0 aliphatic carbocycles. The van der Waals surface area contributed by atoms with Gasteiger partial charge in [-0.25, -0.2) is 5.84 Å². The summed E-state index contributed by atoms with van der Waals surface area (Å²) in [6.07, 6.45) is 1.82. The van der Waals surface area contributed by atoms with Crippen molar-refractivity contribution in [3.8, 4) is 0 Å². The van der Waals surface area contributed by atoms with Crippen molar-refractivity contribution < 1.29 is 4.79 Å². The van der Waals surface area contributed by atoms with Crippen molar-refractivity contribution >= 4 is 5.91 Å². The summed E-state index contributed by atoms with van der Waals surface area (Å²) >= 11 is 0. The number of likely N-dealkylation sites (tertiary alicyclic amines) is 1. The number of hydrogen-bond donors (Lipinski definition) is 2. The van der Waals surface area contributed by atoms with Crippen LogP contribution in [0.2, 0.25) is 0 Å². The van der Waals surface area contributed by atoms with Crippen molar-refractivity contribution in [1.29, 1.82) is 0 Å². The Morgan fingerprint density at radius 1 is 1.43 bits per heavy atom. The van der Waals surface area contributed by atoms with Crippen LogP contribution in [0.5, 0.6) is 0 Å². The number of amides is 1. The summed E-state index contributed by atoms with van der Waals surface area (Å²) in [7, 11) is 0. The number of nitrogens with zero attached hydrogens (tertiary/aromatic N) is 1. The molecule has 0 saturated carbocycles. The van der Waals surface area contributed by atoms with Crippen LogP contribution in [0, 0.1) is 11.8 Å². The molecule has 3 N–H and O–H groups in total. The zero-order chi connectivity index (χ0) is 10.6. The van der Waals surface area contributed by atoms with E-state index in [2.05, 4.69) is 24.2 Å². The Labute approximate surface area is 85.8 Å². The van der Waals surface area contributed by atoms with Crippen LogP contribution in [0.1, 0.15) is 26.7 Å². The van der Waals surface area contributed by atoms with Gasteiger partial charge < -0.3 is 4.90 Å². The average Bonchev–Trinajstić information content (AvgIpc) is 2.12. The monoisotopic (exact) mass is 199 g/mol. The molecule has 2 atom stereocenters. The lowest BCUT2D eigenvalue weighted by Crippen LogP contribution is -2.41. The van der Waals surface area contributed by atoms with Crippen molar-refractivity contribution in [3.05, 3.63) is 0 Å². The molecule has 0 radical (unpaired) electrons. The van der Waals surface area contributed by atoms with Gasteiger partial charge in [-0.15, -0.1) is 0 Å². The van der Waals surface area contributed by atoms with E-state index in [4.69, 9.17) is 5.84 Å². The zero-order valence-corrected chi connectivity index (χ0v) is 9.12. The van der Waals surface area contributed by atoms with Gasteiger partial charge in [-0.05, 0) is 18.3 Å². The van der Waals surface area contributed by atoms with Crippen molar-refractivity contribution in [1.82, 2.24) is 10.3 Å². The van der Waals surface area contributed by atoms with Gasteiger partial charge in [0.15, 0.2) is 0 Å². The average molecular weight is 199 g/mol. The molecule has 2 unspecified atom stereocenters. The number of carbonyl (C=O) groups excluding carboxylic acids is 1. The fourth-order valence-corrected chi connectivity index (χ4v) is 2.31. The van der Waals surface area contributed by atoms with E-state index in [1.54, 1.807) is 0 Å². The second-order valence-corrected chi connectivity index (χ2v) is 4.52. The molecule has 4 heteroatoms. The smallest absolute Gasteiger partial charge is 0.235 e. The molecule has 82 valence electrons. The number of piperidine rings is 1. The molecule has 1 aliphatic rings. The number of rotatable bonds is 3. The van der Waals surface area contributed by atoms with Gasteiger partial charge >= 0.3 is 0 Å². The Hall–Kier alpha value is -0.610. The van der Waals surface area contributed by atoms with Crippen LogP contribution in [0.25, 0.3) is 0 Å². The second-order valence-electron chi connectivity index (χ2n) is 4.52. The lowest BCUT2D eigenvalue weighted by Gasteiger charge is -2.34. The highest BCUT2D eigenvalue weighted by Crippen LogP contribution is 2.20. The Balaban J connectivity index is 2.26. The quantitative estimate of drug-likeness (QED) is 0.391. The first-order chi connectivity index (χ1) is 6.61. The Bertz CT molecular complexity index is 186. The Morgan fingerprint density at radius 3 is 2.50 bits per heavy atom. The molecule has 4 nitrogen and oxygen atoms in total. The minimum absolute atomic E-state index is 0.0733. The summed E-state index contributed by atoms with van der Waals surface area (Å²) in [5, 5.41) is 0. The number of carbonyl (C=O) groups is 1. The standard InChI is InChI=1S/C10H21N3O/c1-8-5-9(2)7-13(6-8)4-3-10(14)12-11/h8-9H,3-7,11H2,1-2H3,(H,12,14). The van der Waals surface area contributed by atoms with E-state index in [0.717, 1.165) is 31.5 Å². The van der Waals surface area contributed by atoms with Crippen LogP contribution in [0.3, 0.4) is 0 Å². The largest absolute Gasteiger partial charge is 0.302 e. The van der Waals surface area contributed by atoms with Gasteiger partial charge in [-0.3, -0.25) is 10.2 Å². The molecule has 0 aromatic carbocycles. The molecule has 1 saturated heterocycles. The molecule has 0 aromatic rings. The summed E-state index contributed by atoms with van der Waals surface area (Å²) < 4.78 is 0. The van der Waals surface area contributed by atoms with Crippen LogP contribution in [0.4, 0.5) is 0 Å². The number of nitrogens with two attached hydrogens (primary N) is 1. The summed E-state index contributed by atoms with van der Waals surface area (Å²) in [5.41, 5.74) is 2.16. The van der Waals surface area contributed by atoms with Crippen LogP contribution in [-0.2, 0) is 4.79 Å². The van der Waals surface area contributed by atoms with Crippen molar-refractivity contribution in [2.75, 3.05) is 19.6 Å².